The van der Waals surface area contributed by atoms with E-state index in [1.165, 1.54) is 0 Å². The molecule has 1 N–H and O–H groups in total. The molecule has 9 aromatic rings. The molecule has 2 aromatic heterocycles. The number of aromatic nitrogens is 3. The molecule has 0 aliphatic heterocycles. The highest BCUT2D eigenvalue weighted by atomic mass is 16.3. The van der Waals surface area contributed by atoms with Gasteiger partial charge in [-0.25, -0.2) is 15.0 Å². The summed E-state index contributed by atoms with van der Waals surface area (Å²) in [4.78, 5) is 14.9. The quantitative estimate of drug-likeness (QED) is 0.208. The summed E-state index contributed by atoms with van der Waals surface area (Å²) in [5.41, 5.74) is 7.86. The highest BCUT2D eigenvalue weighted by Crippen LogP contribution is 2.41. The molecule has 5 nitrogen and oxygen atoms in total. The van der Waals surface area contributed by atoms with Crippen molar-refractivity contribution in [2.24, 2.45) is 0 Å². The highest BCUT2D eigenvalue weighted by Gasteiger charge is 2.19. The Morgan fingerprint density at radius 2 is 1.04 bits per heavy atom. The maximum absolute atomic E-state index is 11.3. The number of nitrogens with zero attached hydrogens (tertiary/aromatic N) is 3. The van der Waals surface area contributed by atoms with Crippen molar-refractivity contribution in [1.82, 2.24) is 15.0 Å². The summed E-state index contributed by atoms with van der Waals surface area (Å²) in [7, 11) is 0. The van der Waals surface area contributed by atoms with E-state index in [0.717, 1.165) is 60.5 Å². The molecule has 0 amide bonds. The first kappa shape index (κ1) is 27.7. The van der Waals surface area contributed by atoms with Crippen molar-refractivity contribution in [3.63, 3.8) is 0 Å². The van der Waals surface area contributed by atoms with Gasteiger partial charge in [0.25, 0.3) is 0 Å². The van der Waals surface area contributed by atoms with E-state index in [-0.39, 0.29) is 5.75 Å². The summed E-state index contributed by atoms with van der Waals surface area (Å²) in [6, 6.07) is 52.4. The van der Waals surface area contributed by atoms with Crippen LogP contribution < -0.4 is 0 Å². The number of aromatic hydroxyl groups is 1. The lowest BCUT2D eigenvalue weighted by Gasteiger charge is -2.14. The molecule has 0 aliphatic rings. The molecule has 0 unspecified atom stereocenters. The molecule has 7 aromatic carbocycles. The Kier molecular flexibility index (Phi) is 6.54. The standard InChI is InChI=1S/C43H27N3O2/c47-36-17-8-16-35(39(36)29-23-21-28(22-24-29)33-15-9-19-38-40(33)34-14-6-7-18-37(34)48-38)43-45-41(30-11-2-1-3-12-30)44-42(46-43)32-25-20-27-10-4-5-13-31(27)26-32/h1-26,47H. The molecule has 0 saturated heterocycles. The fraction of sp³-hybridized carbons (Fsp3) is 0. The van der Waals surface area contributed by atoms with Gasteiger partial charge in [0.1, 0.15) is 16.9 Å². The topological polar surface area (TPSA) is 72.0 Å². The van der Waals surface area contributed by atoms with Gasteiger partial charge in [-0.1, -0.05) is 133 Å². The van der Waals surface area contributed by atoms with Crippen molar-refractivity contribution >= 4 is 32.7 Å². The summed E-state index contributed by atoms with van der Waals surface area (Å²) in [6.45, 7) is 0. The highest BCUT2D eigenvalue weighted by molar-refractivity contribution is 6.12. The van der Waals surface area contributed by atoms with Gasteiger partial charge in [0.05, 0.1) is 0 Å². The lowest BCUT2D eigenvalue weighted by Crippen LogP contribution is -2.01. The first-order valence-electron chi connectivity index (χ1n) is 15.8. The van der Waals surface area contributed by atoms with E-state index in [4.69, 9.17) is 19.4 Å². The first-order valence-corrected chi connectivity index (χ1v) is 15.8. The number of rotatable bonds is 5. The van der Waals surface area contributed by atoms with E-state index in [9.17, 15) is 5.11 Å². The smallest absolute Gasteiger partial charge is 0.164 e. The number of hydrogen-bond donors (Lipinski definition) is 1. The fourth-order valence-electron chi connectivity index (χ4n) is 6.53. The number of benzene rings is 7. The van der Waals surface area contributed by atoms with Gasteiger partial charge in [0.2, 0.25) is 0 Å². The summed E-state index contributed by atoms with van der Waals surface area (Å²) in [5, 5.41) is 15.8. The van der Waals surface area contributed by atoms with Crippen LogP contribution in [0.2, 0.25) is 0 Å². The lowest BCUT2D eigenvalue weighted by atomic mass is 9.94. The molecule has 0 saturated carbocycles. The molecular weight excluding hydrogens is 590 g/mol. The van der Waals surface area contributed by atoms with Crippen LogP contribution in [-0.4, -0.2) is 20.1 Å². The predicted octanol–water partition coefficient (Wildman–Crippen LogP) is 11.0. The minimum atomic E-state index is 0.150. The summed E-state index contributed by atoms with van der Waals surface area (Å²) < 4.78 is 6.14. The van der Waals surface area contributed by atoms with Crippen molar-refractivity contribution in [1.29, 1.82) is 0 Å². The van der Waals surface area contributed by atoms with Crippen LogP contribution >= 0.6 is 0 Å². The summed E-state index contributed by atoms with van der Waals surface area (Å²) in [5.74, 6) is 1.76. The van der Waals surface area contributed by atoms with E-state index < -0.39 is 0 Å². The summed E-state index contributed by atoms with van der Waals surface area (Å²) >= 11 is 0. The van der Waals surface area contributed by atoms with Crippen LogP contribution in [0.4, 0.5) is 0 Å². The minimum Gasteiger partial charge on any atom is -0.507 e. The van der Waals surface area contributed by atoms with E-state index in [2.05, 4.69) is 48.5 Å². The van der Waals surface area contributed by atoms with Crippen LogP contribution in [0, 0.1) is 0 Å². The van der Waals surface area contributed by atoms with Crippen molar-refractivity contribution < 1.29 is 9.52 Å². The number of fused-ring (bicyclic) bond motifs is 4. The van der Waals surface area contributed by atoms with Gasteiger partial charge in [-0.3, -0.25) is 0 Å². The van der Waals surface area contributed by atoms with Crippen LogP contribution in [0.5, 0.6) is 5.75 Å². The molecule has 2 heterocycles. The number of para-hydroxylation sites is 1. The SMILES string of the molecule is Oc1cccc(-c2nc(-c3ccccc3)nc(-c3ccc4ccccc4c3)n2)c1-c1ccc(-c2cccc3oc4ccccc4c23)cc1. The Labute approximate surface area is 276 Å². The number of phenolic OH excluding ortho intramolecular Hbond substituents is 1. The third kappa shape index (κ3) is 4.77. The molecule has 226 valence electrons. The molecule has 5 heteroatoms. The van der Waals surface area contributed by atoms with Crippen molar-refractivity contribution in [3.05, 3.63) is 158 Å². The number of phenols is 1. The second kappa shape index (κ2) is 11.3. The van der Waals surface area contributed by atoms with E-state index in [1.807, 2.05) is 103 Å². The van der Waals surface area contributed by atoms with Gasteiger partial charge < -0.3 is 9.52 Å². The molecule has 48 heavy (non-hydrogen) atoms. The van der Waals surface area contributed by atoms with Crippen LogP contribution in [0.15, 0.2) is 162 Å². The molecule has 0 radical (unpaired) electrons. The van der Waals surface area contributed by atoms with E-state index in [0.29, 0.717) is 28.6 Å². The van der Waals surface area contributed by atoms with Gasteiger partial charge in [-0.15, -0.1) is 0 Å². The monoisotopic (exact) mass is 617 g/mol. The first-order chi connectivity index (χ1) is 23.7. The zero-order valence-electron chi connectivity index (χ0n) is 25.7. The predicted molar refractivity (Wildman–Crippen MR) is 193 cm³/mol. The Balaban J connectivity index is 1.19. The van der Waals surface area contributed by atoms with E-state index >= 15 is 0 Å². The second-order valence-electron chi connectivity index (χ2n) is 11.8. The van der Waals surface area contributed by atoms with Crippen LogP contribution in [0.3, 0.4) is 0 Å². The number of furan rings is 1. The van der Waals surface area contributed by atoms with Crippen LogP contribution in [0.1, 0.15) is 0 Å². The fourth-order valence-corrected chi connectivity index (χ4v) is 6.53. The third-order valence-electron chi connectivity index (χ3n) is 8.85. The van der Waals surface area contributed by atoms with Crippen LogP contribution in [-0.2, 0) is 0 Å². The molecule has 0 atom stereocenters. The summed E-state index contributed by atoms with van der Waals surface area (Å²) in [6.07, 6.45) is 0. The Bertz CT molecular complexity index is 2630. The zero-order valence-corrected chi connectivity index (χ0v) is 25.7. The Morgan fingerprint density at radius 1 is 0.417 bits per heavy atom. The van der Waals surface area contributed by atoms with E-state index in [1.54, 1.807) is 6.07 Å². The Morgan fingerprint density at radius 3 is 1.90 bits per heavy atom. The van der Waals surface area contributed by atoms with Crippen molar-refractivity contribution in [2.45, 2.75) is 0 Å². The number of hydrogen-bond acceptors (Lipinski definition) is 5. The third-order valence-corrected chi connectivity index (χ3v) is 8.85. The molecular formula is C43H27N3O2. The maximum atomic E-state index is 11.3. The van der Waals surface area contributed by atoms with Gasteiger partial charge >= 0.3 is 0 Å². The maximum Gasteiger partial charge on any atom is 0.164 e. The molecule has 0 aliphatic carbocycles. The molecule has 0 fully saturated rings. The van der Waals surface area contributed by atoms with Gasteiger partial charge in [0, 0.05) is 33.0 Å². The van der Waals surface area contributed by atoms with Gasteiger partial charge in [-0.05, 0) is 51.7 Å². The second-order valence-corrected chi connectivity index (χ2v) is 11.8. The van der Waals surface area contributed by atoms with Crippen molar-refractivity contribution in [3.8, 4) is 62.2 Å². The molecule has 9 rings (SSSR count). The molecule has 0 spiro atoms. The van der Waals surface area contributed by atoms with Gasteiger partial charge in [-0.2, -0.15) is 0 Å². The largest absolute Gasteiger partial charge is 0.507 e. The van der Waals surface area contributed by atoms with Gasteiger partial charge in [0.15, 0.2) is 17.5 Å². The lowest BCUT2D eigenvalue weighted by molar-refractivity contribution is 0.477. The van der Waals surface area contributed by atoms with Crippen molar-refractivity contribution in [2.75, 3.05) is 0 Å². The zero-order chi connectivity index (χ0) is 32.0. The average Bonchev–Trinajstić information content (AvgIpc) is 3.54. The minimum absolute atomic E-state index is 0.150. The Hall–Kier alpha value is -6.59. The average molecular weight is 618 g/mol. The molecule has 0 bridgehead atoms. The normalized spacial score (nSPS) is 11.4. The van der Waals surface area contributed by atoms with Crippen LogP contribution in [0.25, 0.3) is 89.1 Å².